The van der Waals surface area contributed by atoms with Gasteiger partial charge in [-0.25, -0.2) is 8.78 Å². The summed E-state index contributed by atoms with van der Waals surface area (Å²) in [6, 6.07) is 7.14. The molecule has 2 rings (SSSR count). The highest BCUT2D eigenvalue weighted by molar-refractivity contribution is 6.33. The molecule has 2 aromatic carbocycles. The molecule has 0 heterocycles. The van der Waals surface area contributed by atoms with Gasteiger partial charge in [0, 0.05) is 19.8 Å². The molecule has 0 saturated carbocycles. The van der Waals surface area contributed by atoms with Crippen LogP contribution in [0.1, 0.15) is 24.2 Å². The van der Waals surface area contributed by atoms with Gasteiger partial charge in [0.2, 0.25) is 5.91 Å². The van der Waals surface area contributed by atoms with Gasteiger partial charge in [0.05, 0.1) is 10.7 Å². The first-order valence-corrected chi connectivity index (χ1v) is 9.02. The quantitative estimate of drug-likeness (QED) is 0.755. The zero-order valence-corrected chi connectivity index (χ0v) is 16.8. The van der Waals surface area contributed by atoms with Crippen molar-refractivity contribution < 1.29 is 18.4 Å². The molecular weight excluding hydrogens is 388 g/mol. The number of anilines is 2. The highest BCUT2D eigenvalue weighted by Crippen LogP contribution is 2.27. The van der Waals surface area contributed by atoms with Crippen molar-refractivity contribution in [3.05, 3.63) is 58.6 Å². The van der Waals surface area contributed by atoms with E-state index in [1.54, 1.807) is 32.0 Å². The molecule has 2 aromatic rings. The van der Waals surface area contributed by atoms with Crippen LogP contribution in [0, 0.1) is 17.6 Å². The van der Waals surface area contributed by atoms with E-state index in [1.807, 2.05) is 19.0 Å². The zero-order chi connectivity index (χ0) is 21.0. The van der Waals surface area contributed by atoms with Crippen molar-refractivity contribution in [1.82, 2.24) is 5.32 Å². The van der Waals surface area contributed by atoms with E-state index in [4.69, 9.17) is 11.6 Å². The molecule has 2 N–H and O–H groups in total. The van der Waals surface area contributed by atoms with Gasteiger partial charge in [-0.1, -0.05) is 31.5 Å². The first-order chi connectivity index (χ1) is 13.1. The van der Waals surface area contributed by atoms with E-state index >= 15 is 0 Å². The predicted octanol–water partition coefficient (Wildman–Crippen LogP) is 4.08. The molecule has 0 aliphatic heterocycles. The summed E-state index contributed by atoms with van der Waals surface area (Å²) in [5.74, 6) is -3.83. The van der Waals surface area contributed by atoms with E-state index in [1.165, 1.54) is 0 Å². The van der Waals surface area contributed by atoms with E-state index in [2.05, 4.69) is 10.6 Å². The molecule has 2 amide bonds. The summed E-state index contributed by atoms with van der Waals surface area (Å²) in [4.78, 5) is 26.8. The minimum atomic E-state index is -1.00. The summed E-state index contributed by atoms with van der Waals surface area (Å²) < 4.78 is 27.7. The van der Waals surface area contributed by atoms with Gasteiger partial charge < -0.3 is 15.5 Å². The minimum absolute atomic E-state index is 0.324. The Hall–Kier alpha value is -2.67. The molecule has 0 fully saturated rings. The molecule has 0 radical (unpaired) electrons. The van der Waals surface area contributed by atoms with Crippen molar-refractivity contribution in [1.29, 1.82) is 0 Å². The van der Waals surface area contributed by atoms with Gasteiger partial charge in [0.1, 0.15) is 23.2 Å². The Morgan fingerprint density at radius 2 is 1.68 bits per heavy atom. The summed E-state index contributed by atoms with van der Waals surface area (Å²) in [5, 5.41) is 5.52. The van der Waals surface area contributed by atoms with Crippen molar-refractivity contribution in [2.75, 3.05) is 24.3 Å². The molecule has 150 valence electrons. The third-order valence-corrected chi connectivity index (χ3v) is 4.43. The summed E-state index contributed by atoms with van der Waals surface area (Å²) >= 11 is 6.20. The van der Waals surface area contributed by atoms with Gasteiger partial charge in [-0.15, -0.1) is 0 Å². The summed E-state index contributed by atoms with van der Waals surface area (Å²) in [6.45, 7) is 3.43. The van der Waals surface area contributed by atoms with Gasteiger partial charge >= 0.3 is 0 Å². The lowest BCUT2D eigenvalue weighted by Crippen LogP contribution is -2.47. The van der Waals surface area contributed by atoms with Gasteiger partial charge in [0.25, 0.3) is 5.91 Å². The second-order valence-corrected chi connectivity index (χ2v) is 7.25. The SMILES string of the molecule is CC(C)C(NC(=O)c1c(F)cccc1F)C(=O)Nc1ccc(N(C)C)c(Cl)c1. The van der Waals surface area contributed by atoms with Crippen LogP contribution in [0.2, 0.25) is 5.02 Å². The van der Waals surface area contributed by atoms with Gasteiger partial charge in [-0.2, -0.15) is 0 Å². The number of nitrogens with zero attached hydrogens (tertiary/aromatic N) is 1. The molecule has 0 aliphatic carbocycles. The molecule has 0 aliphatic rings. The van der Waals surface area contributed by atoms with Gasteiger partial charge in [-0.3, -0.25) is 9.59 Å². The van der Waals surface area contributed by atoms with Gasteiger partial charge in [0.15, 0.2) is 0 Å². The lowest BCUT2D eigenvalue weighted by Gasteiger charge is -2.22. The number of rotatable bonds is 6. The van der Waals surface area contributed by atoms with Gasteiger partial charge in [-0.05, 0) is 36.2 Å². The summed E-state index contributed by atoms with van der Waals surface area (Å²) in [7, 11) is 3.68. The van der Waals surface area contributed by atoms with E-state index in [-0.39, 0.29) is 5.92 Å². The Bertz CT molecular complexity index is 867. The molecule has 0 saturated heterocycles. The maximum Gasteiger partial charge on any atom is 0.257 e. The molecule has 0 spiro atoms. The first-order valence-electron chi connectivity index (χ1n) is 8.64. The Labute approximate surface area is 167 Å². The van der Waals surface area contributed by atoms with Crippen LogP contribution in [-0.2, 0) is 4.79 Å². The number of amides is 2. The normalized spacial score (nSPS) is 11.9. The average Bonchev–Trinajstić information content (AvgIpc) is 2.58. The number of hydrogen-bond acceptors (Lipinski definition) is 3. The van der Waals surface area contributed by atoms with Crippen LogP contribution in [0.25, 0.3) is 0 Å². The third kappa shape index (κ3) is 4.98. The maximum absolute atomic E-state index is 13.8. The fourth-order valence-corrected chi connectivity index (χ4v) is 2.98. The Kier molecular flexibility index (Phi) is 6.96. The highest BCUT2D eigenvalue weighted by Gasteiger charge is 2.27. The smallest absolute Gasteiger partial charge is 0.257 e. The highest BCUT2D eigenvalue weighted by atomic mass is 35.5. The van der Waals surface area contributed by atoms with Crippen LogP contribution in [0.3, 0.4) is 0 Å². The summed E-state index contributed by atoms with van der Waals surface area (Å²) in [6.07, 6.45) is 0. The van der Waals surface area contributed by atoms with Crippen LogP contribution < -0.4 is 15.5 Å². The molecule has 0 aromatic heterocycles. The lowest BCUT2D eigenvalue weighted by atomic mass is 10.0. The van der Waals surface area contributed by atoms with E-state index < -0.39 is 35.1 Å². The van der Waals surface area contributed by atoms with E-state index in [0.717, 1.165) is 23.9 Å². The molecular formula is C20H22ClF2N3O2. The van der Waals surface area contributed by atoms with Crippen molar-refractivity contribution in [2.45, 2.75) is 19.9 Å². The number of carbonyl (C=O) groups is 2. The van der Waals surface area contributed by atoms with Crippen LogP contribution in [-0.4, -0.2) is 32.0 Å². The van der Waals surface area contributed by atoms with E-state index in [0.29, 0.717) is 10.7 Å². The van der Waals surface area contributed by atoms with Crippen LogP contribution >= 0.6 is 11.6 Å². The largest absolute Gasteiger partial charge is 0.376 e. The first kappa shape index (κ1) is 21.6. The third-order valence-electron chi connectivity index (χ3n) is 4.12. The molecule has 28 heavy (non-hydrogen) atoms. The minimum Gasteiger partial charge on any atom is -0.376 e. The zero-order valence-electron chi connectivity index (χ0n) is 16.0. The second-order valence-electron chi connectivity index (χ2n) is 6.84. The number of halogens is 3. The number of nitrogens with one attached hydrogen (secondary N) is 2. The fourth-order valence-electron chi connectivity index (χ4n) is 2.63. The Morgan fingerprint density at radius 1 is 1.07 bits per heavy atom. The number of carbonyl (C=O) groups excluding carboxylic acids is 2. The topological polar surface area (TPSA) is 61.4 Å². The summed E-state index contributed by atoms with van der Waals surface area (Å²) in [5.41, 5.74) is 0.500. The standard InChI is InChI=1S/C20H22ClF2N3O2/c1-11(2)18(25-19(27)17-14(22)6-5-7-15(17)23)20(28)24-12-8-9-16(26(3)4)13(21)10-12/h5-11,18H,1-4H3,(H,24,28)(H,25,27). The van der Waals surface area contributed by atoms with Crippen molar-refractivity contribution >= 4 is 34.8 Å². The van der Waals surface area contributed by atoms with Crippen LogP contribution in [0.15, 0.2) is 36.4 Å². The van der Waals surface area contributed by atoms with Crippen LogP contribution in [0.5, 0.6) is 0 Å². The Balaban J connectivity index is 2.18. The maximum atomic E-state index is 13.8. The molecule has 0 bridgehead atoms. The molecule has 1 unspecified atom stereocenters. The van der Waals surface area contributed by atoms with Crippen molar-refractivity contribution in [3.63, 3.8) is 0 Å². The molecule has 5 nitrogen and oxygen atoms in total. The molecule has 1 atom stereocenters. The Morgan fingerprint density at radius 3 is 2.18 bits per heavy atom. The second kappa shape index (κ2) is 9.01. The number of hydrogen-bond donors (Lipinski definition) is 2. The van der Waals surface area contributed by atoms with Crippen molar-refractivity contribution in [3.8, 4) is 0 Å². The van der Waals surface area contributed by atoms with Crippen LogP contribution in [0.4, 0.5) is 20.2 Å². The predicted molar refractivity (Wildman–Crippen MR) is 107 cm³/mol. The monoisotopic (exact) mass is 409 g/mol. The average molecular weight is 410 g/mol. The molecule has 8 heteroatoms. The van der Waals surface area contributed by atoms with Crippen molar-refractivity contribution in [2.24, 2.45) is 5.92 Å². The van der Waals surface area contributed by atoms with E-state index in [9.17, 15) is 18.4 Å². The number of benzene rings is 2. The lowest BCUT2D eigenvalue weighted by molar-refractivity contribution is -0.118. The fraction of sp³-hybridized carbons (Fsp3) is 0.300.